The Morgan fingerprint density at radius 1 is 1.50 bits per heavy atom. The number of nitrogens with one attached hydrogen (secondary N) is 1. The van der Waals surface area contributed by atoms with E-state index in [0.717, 1.165) is 0 Å². The van der Waals surface area contributed by atoms with E-state index in [9.17, 15) is 4.79 Å². The zero-order valence-corrected chi connectivity index (χ0v) is 6.93. The van der Waals surface area contributed by atoms with E-state index in [1.807, 2.05) is 0 Å². The van der Waals surface area contributed by atoms with E-state index in [-0.39, 0.29) is 12.3 Å². The number of benzene rings is 1. The third-order valence-corrected chi connectivity index (χ3v) is 1.93. The van der Waals surface area contributed by atoms with Crippen molar-refractivity contribution in [3.8, 4) is 0 Å². The van der Waals surface area contributed by atoms with Crippen molar-refractivity contribution in [2.45, 2.75) is 0 Å². The van der Waals surface area contributed by atoms with Crippen LogP contribution in [0.25, 0.3) is 0 Å². The van der Waals surface area contributed by atoms with Crippen molar-refractivity contribution >= 4 is 23.1 Å². The first-order valence-corrected chi connectivity index (χ1v) is 3.91. The fourth-order valence-electron chi connectivity index (χ4n) is 1.12. The molecule has 1 aliphatic rings. The number of carbonyl (C=O) groups excluding carboxylic acids is 1. The van der Waals surface area contributed by atoms with Crippen LogP contribution in [0.15, 0.2) is 18.2 Å². The Morgan fingerprint density at radius 3 is 3.17 bits per heavy atom. The van der Waals surface area contributed by atoms with Gasteiger partial charge in [-0.15, -0.1) is 0 Å². The molecule has 2 rings (SSSR count). The second-order valence-corrected chi connectivity index (χ2v) is 2.97. The Hall–Kier alpha value is -1.06. The summed E-state index contributed by atoms with van der Waals surface area (Å²) in [6.07, 6.45) is 0. The third kappa shape index (κ3) is 1.17. The third-order valence-electron chi connectivity index (χ3n) is 1.70. The Balaban J connectivity index is 2.53. The van der Waals surface area contributed by atoms with Gasteiger partial charge in [0.05, 0.1) is 12.2 Å². The second kappa shape index (κ2) is 2.77. The summed E-state index contributed by atoms with van der Waals surface area (Å²) in [7, 11) is 0. The fraction of sp³-hybridized carbons (Fsp3) is 0.125. The van der Waals surface area contributed by atoms with Gasteiger partial charge in [-0.25, -0.2) is 10.9 Å². The molecule has 61 valence electrons. The van der Waals surface area contributed by atoms with E-state index in [0.29, 0.717) is 16.3 Å². The van der Waals surface area contributed by atoms with E-state index in [1.165, 1.54) is 0 Å². The molecule has 1 radical (unpaired) electrons. The number of halogens is 1. The highest BCUT2D eigenvalue weighted by atomic mass is 35.5. The first-order valence-electron chi connectivity index (χ1n) is 3.54. The first kappa shape index (κ1) is 7.58. The summed E-state index contributed by atoms with van der Waals surface area (Å²) >= 11 is 5.73. The van der Waals surface area contributed by atoms with Crippen molar-refractivity contribution in [2.24, 2.45) is 0 Å². The number of rotatable bonds is 0. The zero-order valence-electron chi connectivity index (χ0n) is 6.17. The molecule has 0 saturated carbocycles. The van der Waals surface area contributed by atoms with Gasteiger partial charge in [0, 0.05) is 10.6 Å². The number of carbonyl (C=O) groups is 1. The van der Waals surface area contributed by atoms with E-state index < -0.39 is 0 Å². The molecular weight excluding hydrogens is 176 g/mol. The summed E-state index contributed by atoms with van der Waals surface area (Å²) in [5.41, 5.74) is 7.84. The molecule has 1 heterocycles. The van der Waals surface area contributed by atoms with Crippen LogP contribution in [0.2, 0.25) is 5.02 Å². The smallest absolute Gasteiger partial charge is 0.180 e. The van der Waals surface area contributed by atoms with Gasteiger partial charge in [0.1, 0.15) is 0 Å². The molecular formula is C8H6ClN2O. The lowest BCUT2D eigenvalue weighted by Gasteiger charge is -2.14. The van der Waals surface area contributed by atoms with Gasteiger partial charge in [0.25, 0.3) is 0 Å². The highest BCUT2D eigenvalue weighted by molar-refractivity contribution is 6.31. The van der Waals surface area contributed by atoms with Crippen molar-refractivity contribution in [2.75, 3.05) is 6.54 Å². The van der Waals surface area contributed by atoms with E-state index in [1.54, 1.807) is 18.2 Å². The van der Waals surface area contributed by atoms with Crippen LogP contribution in [0.4, 0.5) is 5.69 Å². The molecule has 0 aliphatic carbocycles. The SMILES string of the molecule is O=C1CN[N]c2cc(Cl)ccc21. The maximum atomic E-state index is 11.2. The van der Waals surface area contributed by atoms with Gasteiger partial charge in [-0.05, 0) is 18.2 Å². The average molecular weight is 182 g/mol. The molecule has 0 bridgehead atoms. The van der Waals surface area contributed by atoms with Crippen LogP contribution in [0.5, 0.6) is 0 Å². The topological polar surface area (TPSA) is 43.2 Å². The highest BCUT2D eigenvalue weighted by Crippen LogP contribution is 2.22. The maximum Gasteiger partial charge on any atom is 0.180 e. The molecule has 12 heavy (non-hydrogen) atoms. The van der Waals surface area contributed by atoms with Crippen LogP contribution >= 0.6 is 11.6 Å². The van der Waals surface area contributed by atoms with Crippen LogP contribution in [-0.4, -0.2) is 12.3 Å². The van der Waals surface area contributed by atoms with E-state index >= 15 is 0 Å². The molecule has 0 unspecified atom stereocenters. The van der Waals surface area contributed by atoms with Gasteiger partial charge in [-0.3, -0.25) is 4.79 Å². The van der Waals surface area contributed by atoms with Gasteiger partial charge in [-0.2, -0.15) is 0 Å². The maximum absolute atomic E-state index is 11.2. The minimum atomic E-state index is 0.0525. The van der Waals surface area contributed by atoms with Crippen LogP contribution < -0.4 is 10.9 Å². The van der Waals surface area contributed by atoms with E-state index in [2.05, 4.69) is 10.9 Å². The Labute approximate surface area is 74.7 Å². The lowest BCUT2D eigenvalue weighted by Crippen LogP contribution is -2.33. The molecule has 3 nitrogen and oxygen atoms in total. The molecule has 0 spiro atoms. The van der Waals surface area contributed by atoms with Crippen molar-refractivity contribution in [3.63, 3.8) is 0 Å². The normalized spacial score (nSPS) is 15.2. The summed E-state index contributed by atoms with van der Waals surface area (Å²) < 4.78 is 0. The van der Waals surface area contributed by atoms with Crippen molar-refractivity contribution in [1.29, 1.82) is 0 Å². The lowest BCUT2D eigenvalue weighted by molar-refractivity contribution is 0.0980. The highest BCUT2D eigenvalue weighted by Gasteiger charge is 2.17. The van der Waals surface area contributed by atoms with Gasteiger partial charge in [-0.1, -0.05) is 11.6 Å². The molecule has 0 aromatic heterocycles. The number of hydrogen-bond acceptors (Lipinski definition) is 2. The largest absolute Gasteiger partial charge is 0.293 e. The quantitative estimate of drug-likeness (QED) is 0.655. The van der Waals surface area contributed by atoms with Gasteiger partial charge >= 0.3 is 0 Å². The fourth-order valence-corrected chi connectivity index (χ4v) is 1.29. The van der Waals surface area contributed by atoms with Crippen molar-refractivity contribution in [3.05, 3.63) is 28.8 Å². The Bertz CT molecular complexity index is 338. The number of Topliss-reactive ketones (excluding diaryl/α,β-unsaturated/α-hetero) is 1. The minimum absolute atomic E-state index is 0.0525. The summed E-state index contributed by atoms with van der Waals surface area (Å²) in [5, 5.41) is 0.592. The molecule has 1 aromatic rings. The summed E-state index contributed by atoms with van der Waals surface area (Å²) in [6, 6.07) is 5.06. The summed E-state index contributed by atoms with van der Waals surface area (Å²) in [6.45, 7) is 0.272. The van der Waals surface area contributed by atoms with Gasteiger partial charge < -0.3 is 0 Å². The molecule has 1 aromatic carbocycles. The van der Waals surface area contributed by atoms with Crippen molar-refractivity contribution in [1.82, 2.24) is 10.9 Å². The predicted octanol–water partition coefficient (Wildman–Crippen LogP) is 1.28. The zero-order chi connectivity index (χ0) is 8.55. The second-order valence-electron chi connectivity index (χ2n) is 2.53. The number of nitrogens with zero attached hydrogens (tertiary/aromatic N) is 1. The molecule has 1 N–H and O–H groups in total. The lowest BCUT2D eigenvalue weighted by atomic mass is 10.1. The number of ketones is 1. The summed E-state index contributed by atoms with van der Waals surface area (Å²) in [4.78, 5) is 11.2. The monoisotopic (exact) mass is 181 g/mol. The van der Waals surface area contributed by atoms with Gasteiger partial charge in [0.15, 0.2) is 5.78 Å². The molecule has 0 atom stereocenters. The number of hydrogen-bond donors (Lipinski definition) is 1. The van der Waals surface area contributed by atoms with Crippen LogP contribution in [0.1, 0.15) is 10.4 Å². The minimum Gasteiger partial charge on any atom is -0.293 e. The standard InChI is InChI=1S/C8H6ClN2O/c9-5-1-2-6-7(3-5)11-10-4-8(6)12/h1-3,10H,4H2. The molecule has 4 heteroatoms. The average Bonchev–Trinajstić information content (AvgIpc) is 2.04. The van der Waals surface area contributed by atoms with Crippen LogP contribution in [-0.2, 0) is 0 Å². The van der Waals surface area contributed by atoms with Crippen LogP contribution in [0, 0.1) is 0 Å². The Kier molecular flexibility index (Phi) is 1.75. The molecule has 0 fully saturated rings. The molecule has 0 saturated heterocycles. The summed E-state index contributed by atoms with van der Waals surface area (Å²) in [5.74, 6) is 0.0525. The Morgan fingerprint density at radius 2 is 2.33 bits per heavy atom. The molecule has 0 amide bonds. The number of fused-ring (bicyclic) bond motifs is 1. The van der Waals surface area contributed by atoms with Crippen molar-refractivity contribution < 1.29 is 4.79 Å². The predicted molar refractivity (Wildman–Crippen MR) is 45.6 cm³/mol. The van der Waals surface area contributed by atoms with Crippen LogP contribution in [0.3, 0.4) is 0 Å². The van der Waals surface area contributed by atoms with E-state index in [4.69, 9.17) is 11.6 Å². The van der Waals surface area contributed by atoms with Gasteiger partial charge in [0.2, 0.25) is 0 Å². The first-order chi connectivity index (χ1) is 5.77. The molecule has 1 aliphatic heterocycles.